The van der Waals surface area contributed by atoms with Crippen LogP contribution >= 0.6 is 0 Å². The molecule has 1 unspecified atom stereocenters. The number of para-hydroxylation sites is 1. The van der Waals surface area contributed by atoms with Crippen LogP contribution in [0.3, 0.4) is 0 Å². The van der Waals surface area contributed by atoms with Crippen LogP contribution < -0.4 is 19.1 Å². The number of carbonyl (C=O) groups is 2. The van der Waals surface area contributed by atoms with E-state index in [-0.39, 0.29) is 23.3 Å². The summed E-state index contributed by atoms with van der Waals surface area (Å²) in [5.74, 6) is 0.540. The van der Waals surface area contributed by atoms with E-state index in [2.05, 4.69) is 5.32 Å². The predicted molar refractivity (Wildman–Crippen MR) is 159 cm³/mol. The Labute approximate surface area is 243 Å². The van der Waals surface area contributed by atoms with Gasteiger partial charge in [-0.25, -0.2) is 8.42 Å². The van der Waals surface area contributed by atoms with Gasteiger partial charge in [0.1, 0.15) is 24.1 Å². The predicted octanol–water partition coefficient (Wildman–Crippen LogP) is 4.48. The molecule has 0 fully saturated rings. The second-order valence-electron chi connectivity index (χ2n) is 9.96. The molecule has 3 aromatic carbocycles. The van der Waals surface area contributed by atoms with E-state index >= 15 is 0 Å². The normalized spacial score (nSPS) is 12.0. The highest BCUT2D eigenvalue weighted by Crippen LogP contribution is 2.26. The molecule has 0 aromatic heterocycles. The number of carbonyl (C=O) groups excluding carboxylic acids is 2. The Bertz CT molecular complexity index is 1390. The van der Waals surface area contributed by atoms with Gasteiger partial charge < -0.3 is 19.7 Å². The number of amides is 2. The first-order valence-electron chi connectivity index (χ1n) is 13.5. The van der Waals surface area contributed by atoms with Gasteiger partial charge in [0.2, 0.25) is 11.8 Å². The van der Waals surface area contributed by atoms with Crippen molar-refractivity contribution in [3.63, 3.8) is 0 Å². The molecule has 0 spiro atoms. The maximum atomic E-state index is 14.1. The van der Waals surface area contributed by atoms with Crippen molar-refractivity contribution in [2.75, 3.05) is 31.6 Å². The van der Waals surface area contributed by atoms with Gasteiger partial charge in [0.15, 0.2) is 0 Å². The molecule has 0 aliphatic rings. The van der Waals surface area contributed by atoms with E-state index in [9.17, 15) is 18.0 Å². The van der Waals surface area contributed by atoms with Gasteiger partial charge in [-0.2, -0.15) is 0 Å². The average molecular weight is 582 g/mol. The summed E-state index contributed by atoms with van der Waals surface area (Å²) < 4.78 is 39.4. The van der Waals surface area contributed by atoms with Crippen molar-refractivity contribution in [1.82, 2.24) is 10.2 Å². The zero-order chi connectivity index (χ0) is 30.0. The van der Waals surface area contributed by atoms with Crippen molar-refractivity contribution in [3.8, 4) is 11.5 Å². The van der Waals surface area contributed by atoms with Crippen LogP contribution in [0.25, 0.3) is 0 Å². The van der Waals surface area contributed by atoms with Gasteiger partial charge in [0.05, 0.1) is 24.8 Å². The summed E-state index contributed by atoms with van der Waals surface area (Å²) in [5, 5.41) is 2.93. The lowest BCUT2D eigenvalue weighted by molar-refractivity contribution is -0.140. The molecule has 41 heavy (non-hydrogen) atoms. The maximum absolute atomic E-state index is 14.1. The minimum atomic E-state index is -4.16. The van der Waals surface area contributed by atoms with Gasteiger partial charge in [0.25, 0.3) is 10.0 Å². The van der Waals surface area contributed by atoms with E-state index in [0.29, 0.717) is 30.2 Å². The molecule has 0 radical (unpaired) electrons. The van der Waals surface area contributed by atoms with Crippen LogP contribution in [0.1, 0.15) is 32.8 Å². The monoisotopic (exact) mass is 581 g/mol. The van der Waals surface area contributed by atoms with Gasteiger partial charge in [-0.05, 0) is 66.4 Å². The number of nitrogens with one attached hydrogen (secondary N) is 1. The van der Waals surface area contributed by atoms with Crippen LogP contribution in [0.15, 0.2) is 83.8 Å². The fourth-order valence-electron chi connectivity index (χ4n) is 4.31. The molecule has 0 heterocycles. The zero-order valence-electron chi connectivity index (χ0n) is 24.2. The number of nitrogens with zero attached hydrogens (tertiary/aromatic N) is 2. The van der Waals surface area contributed by atoms with Gasteiger partial charge in [-0.15, -0.1) is 0 Å². The largest absolute Gasteiger partial charge is 0.497 e. The Morgan fingerprint density at radius 3 is 2.12 bits per heavy atom. The summed E-state index contributed by atoms with van der Waals surface area (Å²) in [4.78, 5) is 28.9. The van der Waals surface area contributed by atoms with Crippen molar-refractivity contribution >= 4 is 27.5 Å². The quantitative estimate of drug-likeness (QED) is 0.301. The molecule has 0 saturated heterocycles. The molecule has 1 N–H and O–H groups in total. The SMILES string of the molecule is CCC(C(=O)NCC(C)C)N(Cc1cccc(OC)c1)C(=O)CN(c1ccccc1)S(=O)(=O)c1ccc(OC)cc1. The fraction of sp³-hybridized carbons (Fsp3) is 0.355. The topological polar surface area (TPSA) is 105 Å². The summed E-state index contributed by atoms with van der Waals surface area (Å²) in [5.41, 5.74) is 1.08. The molecule has 10 heteroatoms. The summed E-state index contributed by atoms with van der Waals surface area (Å²) in [6, 6.07) is 20.9. The van der Waals surface area contributed by atoms with E-state index in [1.54, 1.807) is 67.8 Å². The summed E-state index contributed by atoms with van der Waals surface area (Å²) in [6.07, 6.45) is 0.343. The molecule has 2 amide bonds. The third kappa shape index (κ3) is 8.23. The fourth-order valence-corrected chi connectivity index (χ4v) is 5.72. The second-order valence-corrected chi connectivity index (χ2v) is 11.8. The van der Waals surface area contributed by atoms with Crippen LogP contribution in [-0.4, -0.2) is 58.5 Å². The standard InChI is InChI=1S/C31H39N3O6S/c1-6-29(31(36)32-20-23(2)3)33(21-24-11-10-14-27(19-24)40-5)30(35)22-34(25-12-8-7-9-13-25)41(37,38)28-17-15-26(39-4)16-18-28/h7-19,23,29H,6,20-22H2,1-5H3,(H,32,36). The molecule has 0 saturated carbocycles. The highest BCUT2D eigenvalue weighted by molar-refractivity contribution is 7.92. The van der Waals surface area contributed by atoms with E-state index in [4.69, 9.17) is 9.47 Å². The summed E-state index contributed by atoms with van der Waals surface area (Å²) >= 11 is 0. The molecule has 0 aliphatic carbocycles. The van der Waals surface area contributed by atoms with Gasteiger partial charge >= 0.3 is 0 Å². The smallest absolute Gasteiger partial charge is 0.264 e. The first kappa shape index (κ1) is 31.5. The second kappa shape index (κ2) is 14.5. The minimum Gasteiger partial charge on any atom is -0.497 e. The van der Waals surface area contributed by atoms with Crippen molar-refractivity contribution in [1.29, 1.82) is 0 Å². The lowest BCUT2D eigenvalue weighted by Crippen LogP contribution is -2.52. The van der Waals surface area contributed by atoms with Gasteiger partial charge in [0, 0.05) is 13.1 Å². The minimum absolute atomic E-state index is 0.0102. The van der Waals surface area contributed by atoms with E-state index in [1.165, 1.54) is 24.1 Å². The Hall–Kier alpha value is -4.05. The number of sulfonamides is 1. The Morgan fingerprint density at radius 1 is 0.878 bits per heavy atom. The van der Waals surface area contributed by atoms with E-state index in [1.807, 2.05) is 26.8 Å². The van der Waals surface area contributed by atoms with Gasteiger partial charge in [-0.3, -0.25) is 13.9 Å². The third-order valence-electron chi connectivity index (χ3n) is 6.53. The first-order chi connectivity index (χ1) is 19.6. The van der Waals surface area contributed by atoms with Crippen molar-refractivity contribution in [2.45, 2.75) is 44.7 Å². The van der Waals surface area contributed by atoms with E-state index < -0.39 is 28.5 Å². The lowest BCUT2D eigenvalue weighted by atomic mass is 10.1. The van der Waals surface area contributed by atoms with Crippen LogP contribution in [0.2, 0.25) is 0 Å². The van der Waals surface area contributed by atoms with Crippen LogP contribution in [-0.2, 0) is 26.2 Å². The highest BCUT2D eigenvalue weighted by Gasteiger charge is 2.33. The molecular weight excluding hydrogens is 542 g/mol. The van der Waals surface area contributed by atoms with Gasteiger partial charge in [-0.1, -0.05) is 51.1 Å². The summed E-state index contributed by atoms with van der Waals surface area (Å²) in [7, 11) is -1.11. The molecule has 1 atom stereocenters. The Balaban J connectivity index is 2.03. The first-order valence-corrected chi connectivity index (χ1v) is 15.0. The van der Waals surface area contributed by atoms with Crippen LogP contribution in [0, 0.1) is 5.92 Å². The number of ether oxygens (including phenoxy) is 2. The summed E-state index contributed by atoms with van der Waals surface area (Å²) in [6.45, 7) is 5.85. The molecule has 3 aromatic rings. The van der Waals surface area contributed by atoms with Crippen molar-refractivity contribution in [3.05, 3.63) is 84.4 Å². The Morgan fingerprint density at radius 2 is 1.54 bits per heavy atom. The highest BCUT2D eigenvalue weighted by atomic mass is 32.2. The maximum Gasteiger partial charge on any atom is 0.264 e. The molecule has 3 rings (SSSR count). The van der Waals surface area contributed by atoms with Crippen LogP contribution in [0.4, 0.5) is 5.69 Å². The molecule has 9 nitrogen and oxygen atoms in total. The molecule has 220 valence electrons. The molecular formula is C31H39N3O6S. The van der Waals surface area contributed by atoms with Crippen LogP contribution in [0.5, 0.6) is 11.5 Å². The number of benzene rings is 3. The Kier molecular flexibility index (Phi) is 11.2. The van der Waals surface area contributed by atoms with Crippen molar-refractivity contribution in [2.24, 2.45) is 5.92 Å². The number of methoxy groups -OCH3 is 2. The molecule has 0 bridgehead atoms. The number of anilines is 1. The van der Waals surface area contributed by atoms with E-state index in [0.717, 1.165) is 9.87 Å². The lowest BCUT2D eigenvalue weighted by Gasteiger charge is -2.33. The third-order valence-corrected chi connectivity index (χ3v) is 8.32. The number of hydrogen-bond donors (Lipinski definition) is 1. The number of hydrogen-bond acceptors (Lipinski definition) is 6. The number of rotatable bonds is 14. The van der Waals surface area contributed by atoms with Crippen molar-refractivity contribution < 1.29 is 27.5 Å². The average Bonchev–Trinajstić information content (AvgIpc) is 2.99. The zero-order valence-corrected chi connectivity index (χ0v) is 25.1. The molecule has 0 aliphatic heterocycles.